The van der Waals surface area contributed by atoms with Crippen LogP contribution in [0.15, 0.2) is 42.6 Å². The molecule has 1 atom stereocenters. The zero-order chi connectivity index (χ0) is 16.1. The Morgan fingerprint density at radius 1 is 1.35 bits per heavy atom. The maximum Gasteiger partial charge on any atom is 0.257 e. The Balaban J connectivity index is 1.65. The van der Waals surface area contributed by atoms with Gasteiger partial charge in [-0.05, 0) is 29.8 Å². The van der Waals surface area contributed by atoms with Crippen LogP contribution in [-0.2, 0) is 11.3 Å². The minimum absolute atomic E-state index is 0.0484. The van der Waals surface area contributed by atoms with Crippen molar-refractivity contribution in [1.29, 1.82) is 0 Å². The van der Waals surface area contributed by atoms with Crippen molar-refractivity contribution < 1.29 is 14.3 Å². The van der Waals surface area contributed by atoms with Gasteiger partial charge in [0.25, 0.3) is 5.91 Å². The highest BCUT2D eigenvalue weighted by Crippen LogP contribution is 2.19. The van der Waals surface area contributed by atoms with Crippen molar-refractivity contribution in [2.24, 2.45) is 0 Å². The maximum atomic E-state index is 12.4. The molecule has 1 N–H and O–H groups in total. The highest BCUT2D eigenvalue weighted by atomic mass is 35.5. The zero-order valence-corrected chi connectivity index (χ0v) is 13.3. The third kappa shape index (κ3) is 4.21. The molecule has 1 aliphatic rings. The fourth-order valence-corrected chi connectivity index (χ4v) is 2.43. The number of hydrogen-bond acceptors (Lipinski definition) is 4. The van der Waals surface area contributed by atoms with E-state index in [1.807, 2.05) is 12.1 Å². The van der Waals surface area contributed by atoms with Gasteiger partial charge in [0.1, 0.15) is 11.7 Å². The number of rotatable bonds is 5. The second kappa shape index (κ2) is 7.44. The lowest BCUT2D eigenvalue weighted by Crippen LogP contribution is -2.25. The molecule has 5 nitrogen and oxygen atoms in total. The van der Waals surface area contributed by atoms with E-state index in [0.29, 0.717) is 36.2 Å². The monoisotopic (exact) mass is 332 g/mol. The van der Waals surface area contributed by atoms with Gasteiger partial charge in [0.15, 0.2) is 0 Å². The van der Waals surface area contributed by atoms with Crippen LogP contribution in [0.2, 0.25) is 5.02 Å². The number of benzene rings is 1. The summed E-state index contributed by atoms with van der Waals surface area (Å²) in [5.74, 6) is 0.124. The van der Waals surface area contributed by atoms with Crippen LogP contribution >= 0.6 is 11.6 Å². The van der Waals surface area contributed by atoms with Gasteiger partial charge in [-0.15, -0.1) is 0 Å². The number of nitrogens with zero attached hydrogens (tertiary/aromatic N) is 1. The molecular weight excluding hydrogens is 316 g/mol. The molecular formula is C17H17ClN2O3. The number of aromatic nitrogens is 1. The summed E-state index contributed by atoms with van der Waals surface area (Å²) in [6.07, 6.45) is 2.37. The minimum Gasteiger partial charge on any atom is -0.471 e. The summed E-state index contributed by atoms with van der Waals surface area (Å²) in [5, 5.41) is 3.54. The molecule has 1 aromatic heterocycles. The van der Waals surface area contributed by atoms with Crippen molar-refractivity contribution in [3.8, 4) is 5.88 Å². The number of nitrogens with one attached hydrogen (secondary N) is 1. The largest absolute Gasteiger partial charge is 0.471 e. The summed E-state index contributed by atoms with van der Waals surface area (Å²) in [6, 6.07) is 10.8. The van der Waals surface area contributed by atoms with E-state index in [4.69, 9.17) is 21.1 Å². The van der Waals surface area contributed by atoms with E-state index in [1.54, 1.807) is 30.5 Å². The molecule has 120 valence electrons. The molecule has 1 aromatic carbocycles. The number of pyridine rings is 1. The fraction of sp³-hybridized carbons (Fsp3) is 0.294. The SMILES string of the molecule is O=C(NCc1ccc(Cl)cc1)c1cccnc1O[C@H]1CCOC1. The van der Waals surface area contributed by atoms with Crippen LogP contribution in [0.3, 0.4) is 0 Å². The molecule has 0 unspecified atom stereocenters. The summed E-state index contributed by atoms with van der Waals surface area (Å²) < 4.78 is 11.1. The number of carbonyl (C=O) groups excluding carboxylic acids is 1. The second-order valence-corrected chi connectivity index (χ2v) is 5.71. The number of halogens is 1. The Bertz CT molecular complexity index is 670. The van der Waals surface area contributed by atoms with E-state index in [1.165, 1.54) is 0 Å². The lowest BCUT2D eigenvalue weighted by atomic mass is 10.2. The Labute approximate surface area is 139 Å². The van der Waals surface area contributed by atoms with E-state index in [2.05, 4.69) is 10.3 Å². The average molecular weight is 333 g/mol. The molecule has 0 saturated carbocycles. The topological polar surface area (TPSA) is 60.5 Å². The molecule has 1 amide bonds. The van der Waals surface area contributed by atoms with Crippen molar-refractivity contribution in [2.45, 2.75) is 19.1 Å². The van der Waals surface area contributed by atoms with E-state index in [0.717, 1.165) is 12.0 Å². The molecule has 0 bridgehead atoms. The van der Waals surface area contributed by atoms with Gasteiger partial charge < -0.3 is 14.8 Å². The van der Waals surface area contributed by atoms with Crippen LogP contribution in [0.5, 0.6) is 5.88 Å². The number of ether oxygens (including phenoxy) is 2. The third-order valence-electron chi connectivity index (χ3n) is 3.55. The van der Waals surface area contributed by atoms with Gasteiger partial charge in [0.05, 0.1) is 13.2 Å². The molecule has 0 spiro atoms. The highest BCUT2D eigenvalue weighted by molar-refractivity contribution is 6.30. The van der Waals surface area contributed by atoms with Crippen LogP contribution < -0.4 is 10.1 Å². The predicted octanol–water partition coefficient (Wildman–Crippen LogP) is 2.83. The Morgan fingerprint density at radius 2 is 2.17 bits per heavy atom. The van der Waals surface area contributed by atoms with Crippen molar-refractivity contribution in [3.63, 3.8) is 0 Å². The molecule has 6 heteroatoms. The van der Waals surface area contributed by atoms with Crippen molar-refractivity contribution in [3.05, 3.63) is 58.7 Å². The lowest BCUT2D eigenvalue weighted by molar-refractivity contribution is 0.0937. The van der Waals surface area contributed by atoms with E-state index in [-0.39, 0.29) is 12.0 Å². The summed E-state index contributed by atoms with van der Waals surface area (Å²) in [4.78, 5) is 16.6. The summed E-state index contributed by atoms with van der Waals surface area (Å²) >= 11 is 5.85. The van der Waals surface area contributed by atoms with Crippen LogP contribution in [0.1, 0.15) is 22.3 Å². The molecule has 23 heavy (non-hydrogen) atoms. The Morgan fingerprint density at radius 3 is 2.91 bits per heavy atom. The van der Waals surface area contributed by atoms with E-state index in [9.17, 15) is 4.79 Å². The second-order valence-electron chi connectivity index (χ2n) is 5.27. The number of hydrogen-bond donors (Lipinski definition) is 1. The maximum absolute atomic E-state index is 12.4. The summed E-state index contributed by atoms with van der Waals surface area (Å²) in [5.41, 5.74) is 1.40. The predicted molar refractivity (Wildman–Crippen MR) is 86.7 cm³/mol. The average Bonchev–Trinajstić information content (AvgIpc) is 3.07. The summed E-state index contributed by atoms with van der Waals surface area (Å²) in [7, 11) is 0. The normalized spacial score (nSPS) is 17.0. The first-order chi connectivity index (χ1) is 11.2. The van der Waals surface area contributed by atoms with E-state index >= 15 is 0 Å². The first kappa shape index (κ1) is 15.8. The molecule has 3 rings (SSSR count). The van der Waals surface area contributed by atoms with Crippen molar-refractivity contribution in [2.75, 3.05) is 13.2 Å². The summed E-state index contributed by atoms with van der Waals surface area (Å²) in [6.45, 7) is 1.62. The van der Waals surface area contributed by atoms with Crippen molar-refractivity contribution in [1.82, 2.24) is 10.3 Å². The molecule has 2 aromatic rings. The van der Waals surface area contributed by atoms with Crippen LogP contribution in [0.25, 0.3) is 0 Å². The van der Waals surface area contributed by atoms with Crippen LogP contribution in [-0.4, -0.2) is 30.2 Å². The van der Waals surface area contributed by atoms with Gasteiger partial charge in [-0.3, -0.25) is 4.79 Å². The molecule has 2 heterocycles. The third-order valence-corrected chi connectivity index (χ3v) is 3.80. The molecule has 1 fully saturated rings. The smallest absolute Gasteiger partial charge is 0.257 e. The van der Waals surface area contributed by atoms with Crippen LogP contribution in [0, 0.1) is 0 Å². The van der Waals surface area contributed by atoms with Crippen molar-refractivity contribution >= 4 is 17.5 Å². The zero-order valence-electron chi connectivity index (χ0n) is 12.5. The lowest BCUT2D eigenvalue weighted by Gasteiger charge is -2.14. The first-order valence-corrected chi connectivity index (χ1v) is 7.82. The number of carbonyl (C=O) groups is 1. The van der Waals surface area contributed by atoms with Gasteiger partial charge in [-0.25, -0.2) is 4.98 Å². The first-order valence-electron chi connectivity index (χ1n) is 7.44. The molecule has 0 radical (unpaired) electrons. The van der Waals surface area contributed by atoms with Gasteiger partial charge in [0.2, 0.25) is 5.88 Å². The van der Waals surface area contributed by atoms with Gasteiger partial charge in [-0.1, -0.05) is 23.7 Å². The molecule has 0 aliphatic carbocycles. The molecule has 1 saturated heterocycles. The highest BCUT2D eigenvalue weighted by Gasteiger charge is 2.21. The fourth-order valence-electron chi connectivity index (χ4n) is 2.30. The number of amides is 1. The molecule has 1 aliphatic heterocycles. The van der Waals surface area contributed by atoms with Gasteiger partial charge in [-0.2, -0.15) is 0 Å². The van der Waals surface area contributed by atoms with Gasteiger partial charge >= 0.3 is 0 Å². The standard InChI is InChI=1S/C17H17ClN2O3/c18-13-5-3-12(4-6-13)10-20-16(21)15-2-1-8-19-17(15)23-14-7-9-22-11-14/h1-6,8,14H,7,9-11H2,(H,20,21)/t14-/m0/s1. The quantitative estimate of drug-likeness (QED) is 0.914. The van der Waals surface area contributed by atoms with Crippen LogP contribution in [0.4, 0.5) is 0 Å². The minimum atomic E-state index is -0.220. The Hall–Kier alpha value is -2.11. The van der Waals surface area contributed by atoms with E-state index < -0.39 is 0 Å². The van der Waals surface area contributed by atoms with Gasteiger partial charge in [0, 0.05) is 24.2 Å². The Kier molecular flexibility index (Phi) is 5.10.